The first-order valence-electron chi connectivity index (χ1n) is 6.09. The number of nitro benzene ring substituents is 1. The van der Waals surface area contributed by atoms with Crippen LogP contribution in [0.5, 0.6) is 5.75 Å². The first kappa shape index (κ1) is 12.2. The predicted molar refractivity (Wildman–Crippen MR) is 76.9 cm³/mol. The Morgan fingerprint density at radius 2 is 1.95 bits per heavy atom. The van der Waals surface area contributed by atoms with Crippen molar-refractivity contribution in [2.45, 2.75) is 0 Å². The molecule has 0 amide bonds. The Morgan fingerprint density at radius 1 is 1.15 bits per heavy atom. The zero-order chi connectivity index (χ0) is 14.1. The molecule has 3 rings (SSSR count). The van der Waals surface area contributed by atoms with Crippen molar-refractivity contribution in [2.75, 3.05) is 7.11 Å². The van der Waals surface area contributed by atoms with Gasteiger partial charge in [0.25, 0.3) is 5.69 Å². The second-order valence-corrected chi connectivity index (χ2v) is 4.41. The second-order valence-electron chi connectivity index (χ2n) is 4.41. The van der Waals surface area contributed by atoms with Crippen LogP contribution in [0.15, 0.2) is 48.5 Å². The first-order chi connectivity index (χ1) is 9.69. The van der Waals surface area contributed by atoms with Gasteiger partial charge in [0.2, 0.25) is 0 Å². The molecule has 1 aromatic heterocycles. The number of aromatic amines is 1. The molecular formula is C15H12N2O3. The van der Waals surface area contributed by atoms with Crippen molar-refractivity contribution in [1.29, 1.82) is 0 Å². The zero-order valence-corrected chi connectivity index (χ0v) is 10.8. The third-order valence-electron chi connectivity index (χ3n) is 3.22. The van der Waals surface area contributed by atoms with E-state index in [4.69, 9.17) is 4.74 Å². The molecule has 1 N–H and O–H groups in total. The molecule has 1 heterocycles. The highest BCUT2D eigenvalue weighted by Crippen LogP contribution is 2.34. The maximum absolute atomic E-state index is 11.2. The van der Waals surface area contributed by atoms with Crippen molar-refractivity contribution in [3.05, 3.63) is 58.6 Å². The fourth-order valence-electron chi connectivity index (χ4n) is 2.24. The summed E-state index contributed by atoms with van der Waals surface area (Å²) in [6.45, 7) is 0. The molecule has 5 heteroatoms. The van der Waals surface area contributed by atoms with Crippen LogP contribution in [0.25, 0.3) is 22.2 Å². The third kappa shape index (κ3) is 1.99. The number of aromatic nitrogens is 1. The van der Waals surface area contributed by atoms with Crippen LogP contribution in [0, 0.1) is 10.1 Å². The average molecular weight is 268 g/mol. The molecule has 0 radical (unpaired) electrons. The molecule has 0 saturated carbocycles. The van der Waals surface area contributed by atoms with E-state index in [0.29, 0.717) is 11.3 Å². The molecule has 0 aliphatic heterocycles. The standard InChI is InChI=1S/C15H12N2O3/c1-20-11-6-7-12(15(9-11)17(18)19)14-8-10-4-2-3-5-13(10)16-14/h2-9,16H,1H3. The lowest BCUT2D eigenvalue weighted by Crippen LogP contribution is -1.93. The van der Waals surface area contributed by atoms with Gasteiger partial charge in [-0.3, -0.25) is 10.1 Å². The number of benzene rings is 2. The number of fused-ring (bicyclic) bond motifs is 1. The number of nitrogens with one attached hydrogen (secondary N) is 1. The van der Waals surface area contributed by atoms with E-state index >= 15 is 0 Å². The van der Waals surface area contributed by atoms with Gasteiger partial charge in [0.1, 0.15) is 5.75 Å². The summed E-state index contributed by atoms with van der Waals surface area (Å²) < 4.78 is 5.04. The van der Waals surface area contributed by atoms with Crippen LogP contribution >= 0.6 is 0 Å². The molecule has 0 fully saturated rings. The van der Waals surface area contributed by atoms with Crippen LogP contribution in [-0.4, -0.2) is 17.0 Å². The van der Waals surface area contributed by atoms with Crippen LogP contribution in [-0.2, 0) is 0 Å². The summed E-state index contributed by atoms with van der Waals surface area (Å²) in [6.07, 6.45) is 0. The molecule has 0 spiro atoms. The number of rotatable bonds is 3. The van der Waals surface area contributed by atoms with Gasteiger partial charge in [0, 0.05) is 10.9 Å². The Kier molecular flexibility index (Phi) is 2.87. The van der Waals surface area contributed by atoms with Crippen LogP contribution in [0.2, 0.25) is 0 Å². The lowest BCUT2D eigenvalue weighted by molar-refractivity contribution is -0.384. The van der Waals surface area contributed by atoms with Crippen molar-refractivity contribution < 1.29 is 9.66 Å². The van der Waals surface area contributed by atoms with E-state index in [1.54, 1.807) is 12.1 Å². The minimum atomic E-state index is -0.399. The number of ether oxygens (including phenoxy) is 1. The lowest BCUT2D eigenvalue weighted by atomic mass is 10.1. The fraction of sp³-hybridized carbons (Fsp3) is 0.0667. The van der Waals surface area contributed by atoms with Crippen molar-refractivity contribution in [3.63, 3.8) is 0 Å². The summed E-state index contributed by atoms with van der Waals surface area (Å²) in [5, 5.41) is 12.2. The third-order valence-corrected chi connectivity index (χ3v) is 3.22. The summed E-state index contributed by atoms with van der Waals surface area (Å²) in [5.41, 5.74) is 2.25. The molecule has 100 valence electrons. The first-order valence-corrected chi connectivity index (χ1v) is 6.09. The van der Waals surface area contributed by atoms with Gasteiger partial charge in [-0.1, -0.05) is 18.2 Å². The van der Waals surface area contributed by atoms with Gasteiger partial charge < -0.3 is 9.72 Å². The van der Waals surface area contributed by atoms with Gasteiger partial charge in [-0.05, 0) is 24.3 Å². The minimum Gasteiger partial charge on any atom is -0.497 e. The summed E-state index contributed by atoms with van der Waals surface area (Å²) >= 11 is 0. The molecule has 0 saturated heterocycles. The number of H-pyrrole nitrogens is 1. The Bertz CT molecular complexity index is 760. The van der Waals surface area contributed by atoms with E-state index in [1.165, 1.54) is 13.2 Å². The Hall–Kier alpha value is -2.82. The monoisotopic (exact) mass is 268 g/mol. The molecule has 20 heavy (non-hydrogen) atoms. The highest BCUT2D eigenvalue weighted by atomic mass is 16.6. The molecule has 0 unspecified atom stereocenters. The van der Waals surface area contributed by atoms with Gasteiger partial charge in [-0.15, -0.1) is 0 Å². The normalized spacial score (nSPS) is 10.7. The van der Waals surface area contributed by atoms with Crippen molar-refractivity contribution in [3.8, 4) is 17.0 Å². The summed E-state index contributed by atoms with van der Waals surface area (Å²) in [4.78, 5) is 14.0. The number of nitro groups is 1. The van der Waals surface area contributed by atoms with Gasteiger partial charge in [-0.25, -0.2) is 0 Å². The highest BCUT2D eigenvalue weighted by molar-refractivity contribution is 5.87. The quantitative estimate of drug-likeness (QED) is 0.581. The molecule has 5 nitrogen and oxygen atoms in total. The number of para-hydroxylation sites is 1. The zero-order valence-electron chi connectivity index (χ0n) is 10.8. The molecule has 0 bridgehead atoms. The lowest BCUT2D eigenvalue weighted by Gasteiger charge is -2.03. The Labute approximate surface area is 115 Å². The number of nitrogens with zero attached hydrogens (tertiary/aromatic N) is 1. The summed E-state index contributed by atoms with van der Waals surface area (Å²) in [6, 6.07) is 14.5. The van der Waals surface area contributed by atoms with Crippen molar-refractivity contribution in [1.82, 2.24) is 4.98 Å². The van der Waals surface area contributed by atoms with Gasteiger partial charge in [-0.2, -0.15) is 0 Å². The van der Waals surface area contributed by atoms with E-state index < -0.39 is 4.92 Å². The van der Waals surface area contributed by atoms with E-state index in [2.05, 4.69) is 4.98 Å². The molecule has 0 atom stereocenters. The van der Waals surface area contributed by atoms with Crippen LogP contribution < -0.4 is 4.74 Å². The smallest absolute Gasteiger partial charge is 0.282 e. The average Bonchev–Trinajstić information content (AvgIpc) is 2.90. The molecule has 2 aromatic carbocycles. The van der Waals surface area contributed by atoms with E-state index in [1.807, 2.05) is 30.3 Å². The van der Waals surface area contributed by atoms with Crippen LogP contribution in [0.4, 0.5) is 5.69 Å². The number of hydrogen-bond donors (Lipinski definition) is 1. The summed E-state index contributed by atoms with van der Waals surface area (Å²) in [5.74, 6) is 0.469. The number of methoxy groups -OCH3 is 1. The Morgan fingerprint density at radius 3 is 2.65 bits per heavy atom. The van der Waals surface area contributed by atoms with Crippen LogP contribution in [0.1, 0.15) is 0 Å². The largest absolute Gasteiger partial charge is 0.497 e. The van der Waals surface area contributed by atoms with Gasteiger partial charge >= 0.3 is 0 Å². The minimum absolute atomic E-state index is 0.0240. The predicted octanol–water partition coefficient (Wildman–Crippen LogP) is 3.75. The molecule has 0 aliphatic carbocycles. The number of hydrogen-bond acceptors (Lipinski definition) is 3. The van der Waals surface area contributed by atoms with Crippen molar-refractivity contribution >= 4 is 16.6 Å². The maximum atomic E-state index is 11.2. The topological polar surface area (TPSA) is 68.2 Å². The fourth-order valence-corrected chi connectivity index (χ4v) is 2.24. The Balaban J connectivity index is 2.20. The van der Waals surface area contributed by atoms with Gasteiger partial charge in [0.05, 0.1) is 29.4 Å². The van der Waals surface area contributed by atoms with E-state index in [0.717, 1.165) is 16.6 Å². The van der Waals surface area contributed by atoms with Crippen molar-refractivity contribution in [2.24, 2.45) is 0 Å². The second kappa shape index (κ2) is 4.70. The highest BCUT2D eigenvalue weighted by Gasteiger charge is 2.18. The summed E-state index contributed by atoms with van der Waals surface area (Å²) in [7, 11) is 1.49. The SMILES string of the molecule is COc1ccc(-c2cc3ccccc3[nH]2)c([N+](=O)[O-])c1. The maximum Gasteiger partial charge on any atom is 0.282 e. The van der Waals surface area contributed by atoms with E-state index in [-0.39, 0.29) is 5.69 Å². The molecule has 0 aliphatic rings. The molecular weight excluding hydrogens is 256 g/mol. The molecule has 3 aromatic rings. The van der Waals surface area contributed by atoms with Crippen LogP contribution in [0.3, 0.4) is 0 Å². The van der Waals surface area contributed by atoms with E-state index in [9.17, 15) is 10.1 Å². The van der Waals surface area contributed by atoms with Gasteiger partial charge in [0.15, 0.2) is 0 Å².